The molecule has 0 radical (unpaired) electrons. The second-order valence-corrected chi connectivity index (χ2v) is 4.10. The van der Waals surface area contributed by atoms with Gasteiger partial charge >= 0.3 is 11.8 Å². The van der Waals surface area contributed by atoms with Gasteiger partial charge in [0.15, 0.2) is 0 Å². The van der Waals surface area contributed by atoms with E-state index in [1.807, 2.05) is 6.92 Å². The van der Waals surface area contributed by atoms with E-state index in [1.54, 1.807) is 18.2 Å². The molecule has 2 amide bonds. The summed E-state index contributed by atoms with van der Waals surface area (Å²) < 4.78 is 0. The van der Waals surface area contributed by atoms with Gasteiger partial charge in [0, 0.05) is 6.54 Å². The molecule has 98 valence electrons. The van der Waals surface area contributed by atoms with Crippen LogP contribution in [0, 0.1) is 6.92 Å². The van der Waals surface area contributed by atoms with E-state index in [2.05, 4.69) is 10.6 Å². The number of nitrogens with one attached hydrogen (secondary N) is 2. The summed E-state index contributed by atoms with van der Waals surface area (Å²) in [7, 11) is 0. The number of carbonyl (C=O) groups is 2. The van der Waals surface area contributed by atoms with E-state index in [4.69, 9.17) is 10.8 Å². The van der Waals surface area contributed by atoms with Crippen LogP contribution < -0.4 is 16.4 Å². The van der Waals surface area contributed by atoms with Crippen molar-refractivity contribution in [3.05, 3.63) is 23.8 Å². The average molecular weight is 251 g/mol. The zero-order chi connectivity index (χ0) is 13.7. The number of aryl methyl sites for hydroxylation is 1. The number of carbonyl (C=O) groups excluding carboxylic acids is 2. The highest BCUT2D eigenvalue weighted by Gasteiger charge is 2.14. The van der Waals surface area contributed by atoms with Crippen molar-refractivity contribution in [2.75, 3.05) is 17.6 Å². The molecular formula is C12H17N3O3. The van der Waals surface area contributed by atoms with Crippen LogP contribution in [0.15, 0.2) is 18.2 Å². The number of rotatable bonds is 3. The summed E-state index contributed by atoms with van der Waals surface area (Å²) in [6, 6.07) is 5.10. The Hall–Kier alpha value is -2.08. The van der Waals surface area contributed by atoms with Crippen molar-refractivity contribution in [3.63, 3.8) is 0 Å². The number of nitrogen functional groups attached to an aromatic ring is 1. The van der Waals surface area contributed by atoms with Gasteiger partial charge in [-0.3, -0.25) is 9.59 Å². The first kappa shape index (κ1) is 14.0. The molecule has 0 saturated carbocycles. The molecule has 6 nitrogen and oxygen atoms in total. The predicted octanol–water partition coefficient (Wildman–Crippen LogP) is 0.0127. The maximum atomic E-state index is 11.5. The molecule has 1 rings (SSSR count). The van der Waals surface area contributed by atoms with Crippen LogP contribution in [-0.2, 0) is 9.59 Å². The van der Waals surface area contributed by atoms with Gasteiger partial charge in [-0.25, -0.2) is 0 Å². The summed E-state index contributed by atoms with van der Waals surface area (Å²) in [5, 5.41) is 13.7. The maximum Gasteiger partial charge on any atom is 0.313 e. The van der Waals surface area contributed by atoms with Crippen molar-refractivity contribution in [3.8, 4) is 0 Å². The molecule has 0 bridgehead atoms. The summed E-state index contributed by atoms with van der Waals surface area (Å²) in [5.74, 6) is -1.62. The molecule has 0 spiro atoms. The van der Waals surface area contributed by atoms with Crippen molar-refractivity contribution in [2.24, 2.45) is 0 Å². The molecule has 0 heterocycles. The van der Waals surface area contributed by atoms with E-state index >= 15 is 0 Å². The summed E-state index contributed by atoms with van der Waals surface area (Å²) >= 11 is 0. The number of anilines is 2. The van der Waals surface area contributed by atoms with E-state index in [0.717, 1.165) is 5.56 Å². The van der Waals surface area contributed by atoms with Crippen LogP contribution in [-0.4, -0.2) is 29.6 Å². The third-order valence-corrected chi connectivity index (χ3v) is 2.22. The minimum atomic E-state index is -0.814. The van der Waals surface area contributed by atoms with Crippen LogP contribution in [0.4, 0.5) is 11.4 Å². The lowest BCUT2D eigenvalue weighted by Gasteiger charge is -2.09. The first-order valence-corrected chi connectivity index (χ1v) is 5.53. The van der Waals surface area contributed by atoms with Crippen LogP contribution in [0.3, 0.4) is 0 Å². The normalized spacial score (nSPS) is 11.7. The molecule has 0 aliphatic heterocycles. The predicted molar refractivity (Wildman–Crippen MR) is 68.9 cm³/mol. The molecule has 1 atom stereocenters. The van der Waals surface area contributed by atoms with E-state index in [9.17, 15) is 9.59 Å². The smallest absolute Gasteiger partial charge is 0.313 e. The van der Waals surface area contributed by atoms with Gasteiger partial charge in [-0.1, -0.05) is 6.07 Å². The van der Waals surface area contributed by atoms with Crippen LogP contribution in [0.25, 0.3) is 0 Å². The quantitative estimate of drug-likeness (QED) is 0.448. The van der Waals surface area contributed by atoms with Gasteiger partial charge in [0.25, 0.3) is 0 Å². The SMILES string of the molecule is Cc1ccc(NC(=O)C(=O)NCC(C)O)c(N)c1. The van der Waals surface area contributed by atoms with Crippen molar-refractivity contribution >= 4 is 23.2 Å². The van der Waals surface area contributed by atoms with E-state index < -0.39 is 17.9 Å². The lowest BCUT2D eigenvalue weighted by Crippen LogP contribution is -2.38. The van der Waals surface area contributed by atoms with Crippen molar-refractivity contribution in [1.82, 2.24) is 5.32 Å². The third-order valence-electron chi connectivity index (χ3n) is 2.22. The highest BCUT2D eigenvalue weighted by Crippen LogP contribution is 2.19. The molecule has 0 aliphatic carbocycles. The Kier molecular flexibility index (Phi) is 4.67. The van der Waals surface area contributed by atoms with Crippen LogP contribution in [0.5, 0.6) is 0 Å². The fraction of sp³-hybridized carbons (Fsp3) is 0.333. The number of aliphatic hydroxyl groups excluding tert-OH is 1. The van der Waals surface area contributed by atoms with E-state index in [-0.39, 0.29) is 6.54 Å². The fourth-order valence-corrected chi connectivity index (χ4v) is 1.30. The molecule has 1 aromatic carbocycles. The maximum absolute atomic E-state index is 11.5. The second kappa shape index (κ2) is 6.02. The van der Waals surface area contributed by atoms with Gasteiger partial charge in [0.1, 0.15) is 0 Å². The summed E-state index contributed by atoms with van der Waals surface area (Å²) in [6.45, 7) is 3.41. The fourth-order valence-electron chi connectivity index (χ4n) is 1.30. The van der Waals surface area contributed by atoms with Crippen LogP contribution >= 0.6 is 0 Å². The molecular weight excluding hydrogens is 234 g/mol. The number of nitrogens with two attached hydrogens (primary N) is 1. The lowest BCUT2D eigenvalue weighted by molar-refractivity contribution is -0.136. The summed E-state index contributed by atoms with van der Waals surface area (Å²) in [5.41, 5.74) is 7.45. The minimum absolute atomic E-state index is 0.0234. The van der Waals surface area contributed by atoms with Gasteiger partial charge in [-0.15, -0.1) is 0 Å². The molecule has 1 unspecified atom stereocenters. The monoisotopic (exact) mass is 251 g/mol. The first-order chi connectivity index (χ1) is 8.40. The summed E-state index contributed by atoms with van der Waals surface area (Å²) in [6.07, 6.45) is -0.703. The van der Waals surface area contributed by atoms with Gasteiger partial charge in [0.2, 0.25) is 0 Å². The number of amides is 2. The zero-order valence-corrected chi connectivity index (χ0v) is 10.4. The number of aliphatic hydroxyl groups is 1. The van der Waals surface area contributed by atoms with Gasteiger partial charge in [0.05, 0.1) is 17.5 Å². The highest BCUT2D eigenvalue weighted by molar-refractivity contribution is 6.39. The standard InChI is InChI=1S/C12H17N3O3/c1-7-3-4-10(9(13)5-7)15-12(18)11(17)14-6-8(2)16/h3-5,8,16H,6,13H2,1-2H3,(H,14,17)(H,15,18). The number of hydrogen-bond acceptors (Lipinski definition) is 4. The van der Waals surface area contributed by atoms with Gasteiger partial charge < -0.3 is 21.5 Å². The highest BCUT2D eigenvalue weighted by atomic mass is 16.3. The van der Waals surface area contributed by atoms with Gasteiger partial charge in [-0.2, -0.15) is 0 Å². The minimum Gasteiger partial charge on any atom is -0.397 e. The summed E-state index contributed by atoms with van der Waals surface area (Å²) in [4.78, 5) is 22.9. The van der Waals surface area contributed by atoms with Gasteiger partial charge in [-0.05, 0) is 31.5 Å². The molecule has 0 aromatic heterocycles. The van der Waals surface area contributed by atoms with E-state index in [1.165, 1.54) is 6.92 Å². The molecule has 6 heteroatoms. The Labute approximate surface area is 105 Å². The molecule has 5 N–H and O–H groups in total. The second-order valence-electron chi connectivity index (χ2n) is 4.10. The molecule has 0 aliphatic rings. The Morgan fingerprint density at radius 1 is 1.39 bits per heavy atom. The lowest BCUT2D eigenvalue weighted by atomic mass is 10.2. The van der Waals surface area contributed by atoms with Crippen LogP contribution in [0.2, 0.25) is 0 Å². The number of hydrogen-bond donors (Lipinski definition) is 4. The Morgan fingerprint density at radius 2 is 2.06 bits per heavy atom. The largest absolute Gasteiger partial charge is 0.397 e. The number of benzene rings is 1. The average Bonchev–Trinajstić information content (AvgIpc) is 2.29. The zero-order valence-electron chi connectivity index (χ0n) is 10.4. The third kappa shape index (κ3) is 4.06. The topological polar surface area (TPSA) is 104 Å². The Balaban J connectivity index is 2.61. The molecule has 18 heavy (non-hydrogen) atoms. The van der Waals surface area contributed by atoms with Crippen molar-refractivity contribution < 1.29 is 14.7 Å². The van der Waals surface area contributed by atoms with Crippen molar-refractivity contribution in [1.29, 1.82) is 0 Å². The molecule has 0 fully saturated rings. The first-order valence-electron chi connectivity index (χ1n) is 5.53. The Morgan fingerprint density at radius 3 is 2.61 bits per heavy atom. The Bertz CT molecular complexity index is 458. The molecule has 0 saturated heterocycles. The van der Waals surface area contributed by atoms with Crippen molar-refractivity contribution in [2.45, 2.75) is 20.0 Å². The van der Waals surface area contributed by atoms with E-state index in [0.29, 0.717) is 11.4 Å². The molecule has 1 aromatic rings. The van der Waals surface area contributed by atoms with Crippen LogP contribution in [0.1, 0.15) is 12.5 Å².